The van der Waals surface area contributed by atoms with Gasteiger partial charge in [-0.25, -0.2) is 4.39 Å². The highest BCUT2D eigenvalue weighted by atomic mass is 19.1. The van der Waals surface area contributed by atoms with E-state index in [4.69, 9.17) is 9.47 Å². The van der Waals surface area contributed by atoms with E-state index in [0.717, 1.165) is 0 Å². The highest BCUT2D eigenvalue weighted by Gasteiger charge is 2.08. The van der Waals surface area contributed by atoms with Crippen LogP contribution < -0.4 is 14.8 Å². The van der Waals surface area contributed by atoms with Gasteiger partial charge in [0.15, 0.2) is 18.1 Å². The Hall–Kier alpha value is -2.56. The molecule has 0 heterocycles. The zero-order chi connectivity index (χ0) is 15.9. The van der Waals surface area contributed by atoms with Crippen molar-refractivity contribution in [2.45, 2.75) is 13.8 Å². The first-order chi connectivity index (χ1) is 10.6. The van der Waals surface area contributed by atoms with E-state index in [1.807, 2.05) is 13.0 Å². The Bertz CT molecular complexity index is 658. The number of rotatable bonds is 6. The predicted octanol–water partition coefficient (Wildman–Crippen LogP) is 3.55. The van der Waals surface area contributed by atoms with Gasteiger partial charge in [-0.3, -0.25) is 4.79 Å². The monoisotopic (exact) mass is 303 g/mol. The second-order valence-corrected chi connectivity index (χ2v) is 4.68. The molecular formula is C17H18FNO3. The molecule has 4 nitrogen and oxygen atoms in total. The first-order valence-electron chi connectivity index (χ1n) is 7.00. The van der Waals surface area contributed by atoms with Crippen molar-refractivity contribution in [2.75, 3.05) is 18.5 Å². The average Bonchev–Trinajstić information content (AvgIpc) is 2.50. The number of halogens is 1. The average molecular weight is 303 g/mol. The fraction of sp³-hybridized carbons (Fsp3) is 0.235. The number of aryl methyl sites for hydroxylation is 1. The third-order valence-corrected chi connectivity index (χ3v) is 2.96. The van der Waals surface area contributed by atoms with Crippen LogP contribution in [-0.2, 0) is 4.79 Å². The summed E-state index contributed by atoms with van der Waals surface area (Å²) < 4.78 is 24.3. The minimum atomic E-state index is -0.366. The molecule has 0 radical (unpaired) electrons. The zero-order valence-electron chi connectivity index (χ0n) is 12.6. The Morgan fingerprint density at radius 2 is 1.82 bits per heavy atom. The number of para-hydroxylation sites is 2. The summed E-state index contributed by atoms with van der Waals surface area (Å²) in [6, 6.07) is 11.6. The van der Waals surface area contributed by atoms with Crippen LogP contribution in [0.3, 0.4) is 0 Å². The van der Waals surface area contributed by atoms with Gasteiger partial charge >= 0.3 is 0 Å². The number of carbonyl (C=O) groups is 1. The number of carbonyl (C=O) groups excluding carboxylic acids is 1. The Morgan fingerprint density at radius 3 is 2.45 bits per heavy atom. The molecule has 0 fully saturated rings. The summed E-state index contributed by atoms with van der Waals surface area (Å²) in [4.78, 5) is 11.9. The van der Waals surface area contributed by atoms with Crippen molar-refractivity contribution in [3.05, 3.63) is 53.8 Å². The summed E-state index contributed by atoms with van der Waals surface area (Å²) in [5.41, 5.74) is 0.926. The predicted molar refractivity (Wildman–Crippen MR) is 82.9 cm³/mol. The molecule has 0 aliphatic heterocycles. The molecule has 5 heteroatoms. The van der Waals surface area contributed by atoms with Crippen LogP contribution in [-0.4, -0.2) is 19.1 Å². The van der Waals surface area contributed by atoms with Crippen LogP contribution in [0.25, 0.3) is 0 Å². The molecule has 0 spiro atoms. The van der Waals surface area contributed by atoms with Gasteiger partial charge in [0.1, 0.15) is 5.82 Å². The fourth-order valence-corrected chi connectivity index (χ4v) is 1.86. The van der Waals surface area contributed by atoms with Gasteiger partial charge in [0.05, 0.1) is 6.61 Å². The van der Waals surface area contributed by atoms with Crippen molar-refractivity contribution in [3.63, 3.8) is 0 Å². The molecule has 0 atom stereocenters. The van der Waals surface area contributed by atoms with Crippen molar-refractivity contribution in [3.8, 4) is 11.5 Å². The quantitative estimate of drug-likeness (QED) is 0.887. The van der Waals surface area contributed by atoms with Crippen LogP contribution in [0, 0.1) is 12.7 Å². The van der Waals surface area contributed by atoms with E-state index in [9.17, 15) is 9.18 Å². The van der Waals surface area contributed by atoms with Gasteiger partial charge in [-0.2, -0.15) is 0 Å². The summed E-state index contributed by atoms with van der Waals surface area (Å²) >= 11 is 0. The molecule has 2 rings (SSSR count). The molecule has 2 aromatic carbocycles. The van der Waals surface area contributed by atoms with Crippen molar-refractivity contribution >= 4 is 11.6 Å². The van der Waals surface area contributed by atoms with Gasteiger partial charge in [-0.15, -0.1) is 0 Å². The van der Waals surface area contributed by atoms with E-state index in [1.165, 1.54) is 6.07 Å². The lowest BCUT2D eigenvalue weighted by atomic mass is 10.2. The summed E-state index contributed by atoms with van der Waals surface area (Å²) in [6.07, 6.45) is 0. The third kappa shape index (κ3) is 4.22. The summed E-state index contributed by atoms with van der Waals surface area (Å²) in [5.74, 6) is 0.351. The van der Waals surface area contributed by atoms with Gasteiger partial charge in [0.25, 0.3) is 5.91 Å². The van der Waals surface area contributed by atoms with Gasteiger partial charge in [-0.1, -0.05) is 18.2 Å². The SMILES string of the molecule is CCOc1ccccc1OCC(=O)Nc1ccc(C)c(F)c1. The molecule has 1 N–H and O–H groups in total. The topological polar surface area (TPSA) is 47.6 Å². The number of benzene rings is 2. The molecule has 1 amide bonds. The Kier molecular flexibility index (Phi) is 5.36. The van der Waals surface area contributed by atoms with Crippen LogP contribution in [0.15, 0.2) is 42.5 Å². The fourth-order valence-electron chi connectivity index (χ4n) is 1.86. The van der Waals surface area contributed by atoms with Crippen LogP contribution in [0.5, 0.6) is 11.5 Å². The number of hydrogen-bond donors (Lipinski definition) is 1. The molecule has 0 saturated heterocycles. The lowest BCUT2D eigenvalue weighted by Crippen LogP contribution is -2.20. The van der Waals surface area contributed by atoms with Crippen molar-refractivity contribution in [1.82, 2.24) is 0 Å². The molecule has 0 aromatic heterocycles. The van der Waals surface area contributed by atoms with Gasteiger partial charge in [0.2, 0.25) is 0 Å². The van der Waals surface area contributed by atoms with Gasteiger partial charge in [-0.05, 0) is 43.7 Å². The number of hydrogen-bond acceptors (Lipinski definition) is 3. The van der Waals surface area contributed by atoms with Crippen LogP contribution in [0.2, 0.25) is 0 Å². The van der Waals surface area contributed by atoms with Crippen molar-refractivity contribution in [2.24, 2.45) is 0 Å². The smallest absolute Gasteiger partial charge is 0.262 e. The number of amides is 1. The van der Waals surface area contributed by atoms with Gasteiger partial charge in [0, 0.05) is 5.69 Å². The second-order valence-electron chi connectivity index (χ2n) is 4.68. The maximum absolute atomic E-state index is 13.4. The van der Waals surface area contributed by atoms with Crippen LogP contribution >= 0.6 is 0 Å². The van der Waals surface area contributed by atoms with Crippen molar-refractivity contribution in [1.29, 1.82) is 0 Å². The lowest BCUT2D eigenvalue weighted by Gasteiger charge is -2.11. The Labute approximate surface area is 128 Å². The molecule has 116 valence electrons. The third-order valence-electron chi connectivity index (χ3n) is 2.96. The van der Waals surface area contributed by atoms with Crippen LogP contribution in [0.4, 0.5) is 10.1 Å². The largest absolute Gasteiger partial charge is 0.490 e. The minimum Gasteiger partial charge on any atom is -0.490 e. The molecule has 0 unspecified atom stereocenters. The van der Waals surface area contributed by atoms with E-state index in [2.05, 4.69) is 5.32 Å². The van der Waals surface area contributed by atoms with E-state index in [-0.39, 0.29) is 18.3 Å². The van der Waals surface area contributed by atoms with Crippen LogP contribution in [0.1, 0.15) is 12.5 Å². The first-order valence-corrected chi connectivity index (χ1v) is 7.00. The normalized spacial score (nSPS) is 10.1. The summed E-state index contributed by atoms with van der Waals surface area (Å²) in [5, 5.41) is 2.59. The van der Waals surface area contributed by atoms with Crippen molar-refractivity contribution < 1.29 is 18.7 Å². The molecule has 0 aliphatic carbocycles. The number of nitrogens with one attached hydrogen (secondary N) is 1. The standard InChI is InChI=1S/C17H18FNO3/c1-3-21-15-6-4-5-7-16(15)22-11-17(20)19-13-9-8-12(2)14(18)10-13/h4-10H,3,11H2,1-2H3,(H,19,20). The maximum Gasteiger partial charge on any atom is 0.262 e. The minimum absolute atomic E-state index is 0.181. The highest BCUT2D eigenvalue weighted by Crippen LogP contribution is 2.26. The Morgan fingerprint density at radius 1 is 1.14 bits per heavy atom. The highest BCUT2D eigenvalue weighted by molar-refractivity contribution is 5.91. The lowest BCUT2D eigenvalue weighted by molar-refractivity contribution is -0.118. The molecular weight excluding hydrogens is 285 g/mol. The number of anilines is 1. The molecule has 0 saturated carbocycles. The number of ether oxygens (including phenoxy) is 2. The van der Waals surface area contributed by atoms with Gasteiger partial charge < -0.3 is 14.8 Å². The molecule has 0 bridgehead atoms. The maximum atomic E-state index is 13.4. The molecule has 2 aromatic rings. The van der Waals surface area contributed by atoms with E-state index in [0.29, 0.717) is 29.4 Å². The van der Waals surface area contributed by atoms with E-state index in [1.54, 1.807) is 37.3 Å². The summed E-state index contributed by atoms with van der Waals surface area (Å²) in [6.45, 7) is 3.86. The zero-order valence-corrected chi connectivity index (χ0v) is 12.6. The summed E-state index contributed by atoms with van der Waals surface area (Å²) in [7, 11) is 0. The van der Waals surface area contributed by atoms with E-state index >= 15 is 0 Å². The first kappa shape index (κ1) is 15.8. The molecule has 0 aliphatic rings. The Balaban J connectivity index is 1.94. The second kappa shape index (κ2) is 7.45. The molecule has 22 heavy (non-hydrogen) atoms. The van der Waals surface area contributed by atoms with E-state index < -0.39 is 0 Å².